The predicted octanol–water partition coefficient (Wildman–Crippen LogP) is 3.66. The molecule has 2 N–H and O–H groups in total. The smallest absolute Gasteiger partial charge is 0.335 e. The Hall–Kier alpha value is -2.89. The van der Waals surface area contributed by atoms with E-state index in [4.69, 9.17) is 9.84 Å². The van der Waals surface area contributed by atoms with Crippen molar-refractivity contribution in [1.29, 1.82) is 0 Å². The van der Waals surface area contributed by atoms with E-state index in [0.29, 0.717) is 11.4 Å². The van der Waals surface area contributed by atoms with Crippen molar-refractivity contribution in [2.45, 2.75) is 18.8 Å². The predicted molar refractivity (Wildman–Crippen MR) is 90.4 cm³/mol. The minimum absolute atomic E-state index is 0.0601. The monoisotopic (exact) mass is 343 g/mol. The molecule has 0 aliphatic heterocycles. The summed E-state index contributed by atoms with van der Waals surface area (Å²) in [4.78, 5) is 23.6. The van der Waals surface area contributed by atoms with Gasteiger partial charge in [0.15, 0.2) is 0 Å². The van der Waals surface area contributed by atoms with Gasteiger partial charge in [-0.1, -0.05) is 12.1 Å². The van der Waals surface area contributed by atoms with Crippen LogP contribution in [0.1, 0.15) is 34.7 Å². The van der Waals surface area contributed by atoms with Crippen LogP contribution in [0.25, 0.3) is 0 Å². The number of carboxylic acids is 1. The molecule has 5 nitrogen and oxygen atoms in total. The number of carbonyl (C=O) groups is 2. The molecule has 1 saturated carbocycles. The summed E-state index contributed by atoms with van der Waals surface area (Å²) in [5.41, 5.74) is 1.46. The maximum atomic E-state index is 13.1. The summed E-state index contributed by atoms with van der Waals surface area (Å²) in [7, 11) is 1.42. The fourth-order valence-electron chi connectivity index (χ4n) is 3.08. The molecule has 2 atom stereocenters. The van der Waals surface area contributed by atoms with E-state index in [1.165, 1.54) is 37.4 Å². The SMILES string of the molecule is COc1cc(C(=O)O)ccc1NC(=O)C1CCC1c1ccc(F)cc1. The molecule has 25 heavy (non-hydrogen) atoms. The van der Waals surface area contributed by atoms with E-state index < -0.39 is 5.97 Å². The fourth-order valence-corrected chi connectivity index (χ4v) is 3.08. The van der Waals surface area contributed by atoms with E-state index in [2.05, 4.69) is 5.32 Å². The lowest BCUT2D eigenvalue weighted by molar-refractivity contribution is -0.123. The second kappa shape index (κ2) is 6.93. The number of hydrogen-bond donors (Lipinski definition) is 2. The van der Waals surface area contributed by atoms with E-state index in [0.717, 1.165) is 18.4 Å². The number of amides is 1. The number of methoxy groups -OCH3 is 1. The number of rotatable bonds is 5. The first-order valence-electron chi connectivity index (χ1n) is 7.97. The number of hydrogen-bond acceptors (Lipinski definition) is 3. The number of carbonyl (C=O) groups excluding carboxylic acids is 1. The molecule has 2 aromatic rings. The molecule has 130 valence electrons. The first kappa shape index (κ1) is 17.0. The van der Waals surface area contributed by atoms with Crippen LogP contribution in [0.2, 0.25) is 0 Å². The van der Waals surface area contributed by atoms with Gasteiger partial charge in [-0.05, 0) is 54.7 Å². The van der Waals surface area contributed by atoms with Crippen LogP contribution in [-0.4, -0.2) is 24.1 Å². The Balaban J connectivity index is 1.74. The second-order valence-corrected chi connectivity index (χ2v) is 6.05. The number of nitrogens with one attached hydrogen (secondary N) is 1. The minimum atomic E-state index is -1.06. The maximum Gasteiger partial charge on any atom is 0.335 e. The summed E-state index contributed by atoms with van der Waals surface area (Å²) in [6.07, 6.45) is 1.63. The van der Waals surface area contributed by atoms with Crippen LogP contribution in [0.4, 0.5) is 10.1 Å². The van der Waals surface area contributed by atoms with Crippen molar-refractivity contribution in [3.8, 4) is 5.75 Å². The molecule has 1 fully saturated rings. The van der Waals surface area contributed by atoms with Crippen LogP contribution in [0.15, 0.2) is 42.5 Å². The van der Waals surface area contributed by atoms with Crippen molar-refractivity contribution in [3.05, 3.63) is 59.4 Å². The van der Waals surface area contributed by atoms with Gasteiger partial charge in [0, 0.05) is 5.92 Å². The van der Waals surface area contributed by atoms with Crippen LogP contribution < -0.4 is 10.1 Å². The second-order valence-electron chi connectivity index (χ2n) is 6.05. The standard InChI is InChI=1S/C19H18FNO4/c1-25-17-10-12(19(23)24)4-9-16(17)21-18(22)15-8-7-14(15)11-2-5-13(20)6-3-11/h2-6,9-10,14-15H,7-8H2,1H3,(H,21,22)(H,23,24). The zero-order valence-corrected chi connectivity index (χ0v) is 13.7. The highest BCUT2D eigenvalue weighted by molar-refractivity contribution is 5.96. The van der Waals surface area contributed by atoms with Crippen molar-refractivity contribution in [2.75, 3.05) is 12.4 Å². The van der Waals surface area contributed by atoms with Crippen molar-refractivity contribution in [1.82, 2.24) is 0 Å². The average molecular weight is 343 g/mol. The number of benzene rings is 2. The molecule has 0 aromatic heterocycles. The van der Waals surface area contributed by atoms with E-state index in [1.54, 1.807) is 12.1 Å². The van der Waals surface area contributed by atoms with Gasteiger partial charge in [-0.25, -0.2) is 9.18 Å². The third-order valence-corrected chi connectivity index (χ3v) is 4.62. The van der Waals surface area contributed by atoms with Gasteiger partial charge in [0.1, 0.15) is 11.6 Å². The Morgan fingerprint density at radius 3 is 2.44 bits per heavy atom. The molecule has 3 rings (SSSR count). The Morgan fingerprint density at radius 1 is 1.16 bits per heavy atom. The Bertz CT molecular complexity index is 804. The van der Waals surface area contributed by atoms with Gasteiger partial charge in [0.25, 0.3) is 0 Å². The first-order chi connectivity index (χ1) is 12.0. The van der Waals surface area contributed by atoms with Crippen molar-refractivity contribution >= 4 is 17.6 Å². The highest BCUT2D eigenvalue weighted by Crippen LogP contribution is 2.43. The summed E-state index contributed by atoms with van der Waals surface area (Å²) >= 11 is 0. The number of anilines is 1. The molecule has 2 unspecified atom stereocenters. The lowest BCUT2D eigenvalue weighted by Crippen LogP contribution is -2.35. The maximum absolute atomic E-state index is 13.1. The molecule has 0 bridgehead atoms. The summed E-state index contributed by atoms with van der Waals surface area (Å²) in [5, 5.41) is 11.8. The van der Waals surface area contributed by atoms with Crippen LogP contribution >= 0.6 is 0 Å². The number of carboxylic acid groups (broad SMARTS) is 1. The van der Waals surface area contributed by atoms with Gasteiger partial charge in [-0.3, -0.25) is 4.79 Å². The molecule has 0 heterocycles. The minimum Gasteiger partial charge on any atom is -0.495 e. The molecule has 0 saturated heterocycles. The van der Waals surface area contributed by atoms with Gasteiger partial charge in [-0.2, -0.15) is 0 Å². The Labute approximate surface area is 144 Å². The van der Waals surface area contributed by atoms with Crippen molar-refractivity contribution in [2.24, 2.45) is 5.92 Å². The van der Waals surface area contributed by atoms with Crippen LogP contribution in [0.3, 0.4) is 0 Å². The molecular formula is C19H18FNO4. The Kier molecular flexibility index (Phi) is 4.70. The quantitative estimate of drug-likeness (QED) is 0.869. The van der Waals surface area contributed by atoms with Crippen LogP contribution in [0, 0.1) is 11.7 Å². The molecular weight excluding hydrogens is 325 g/mol. The summed E-state index contributed by atoms with van der Waals surface area (Å²) < 4.78 is 18.2. The summed E-state index contributed by atoms with van der Waals surface area (Å²) in [6, 6.07) is 10.5. The number of ether oxygens (including phenoxy) is 1. The fraction of sp³-hybridized carbons (Fsp3) is 0.263. The zero-order chi connectivity index (χ0) is 18.0. The number of aromatic carboxylic acids is 1. The van der Waals surface area contributed by atoms with E-state index in [-0.39, 0.29) is 29.1 Å². The van der Waals surface area contributed by atoms with Gasteiger partial charge in [0.05, 0.1) is 18.4 Å². The molecule has 2 aromatic carbocycles. The van der Waals surface area contributed by atoms with Gasteiger partial charge in [0.2, 0.25) is 5.91 Å². The molecule has 6 heteroatoms. The molecule has 1 aliphatic carbocycles. The lowest BCUT2D eigenvalue weighted by Gasteiger charge is -2.36. The van der Waals surface area contributed by atoms with Crippen LogP contribution in [-0.2, 0) is 4.79 Å². The molecule has 1 aliphatic rings. The molecule has 1 amide bonds. The lowest BCUT2D eigenvalue weighted by atomic mass is 9.69. The van der Waals surface area contributed by atoms with Gasteiger partial charge >= 0.3 is 5.97 Å². The normalized spacial score (nSPS) is 19.0. The highest BCUT2D eigenvalue weighted by atomic mass is 19.1. The summed E-state index contributed by atoms with van der Waals surface area (Å²) in [5.74, 6) is -1.36. The summed E-state index contributed by atoms with van der Waals surface area (Å²) in [6.45, 7) is 0. The van der Waals surface area contributed by atoms with Crippen molar-refractivity contribution < 1.29 is 23.8 Å². The van der Waals surface area contributed by atoms with E-state index >= 15 is 0 Å². The van der Waals surface area contributed by atoms with E-state index in [9.17, 15) is 14.0 Å². The van der Waals surface area contributed by atoms with Gasteiger partial charge < -0.3 is 15.2 Å². The topological polar surface area (TPSA) is 75.6 Å². The molecule has 0 spiro atoms. The molecule has 0 radical (unpaired) electrons. The van der Waals surface area contributed by atoms with E-state index in [1.807, 2.05) is 0 Å². The third-order valence-electron chi connectivity index (χ3n) is 4.62. The highest BCUT2D eigenvalue weighted by Gasteiger charge is 2.37. The average Bonchev–Trinajstić information content (AvgIpc) is 2.56. The number of halogens is 1. The Morgan fingerprint density at radius 2 is 1.88 bits per heavy atom. The zero-order valence-electron chi connectivity index (χ0n) is 13.7. The van der Waals surface area contributed by atoms with Crippen molar-refractivity contribution in [3.63, 3.8) is 0 Å². The van der Waals surface area contributed by atoms with Crippen LogP contribution in [0.5, 0.6) is 5.75 Å². The van der Waals surface area contributed by atoms with Gasteiger partial charge in [-0.15, -0.1) is 0 Å². The largest absolute Gasteiger partial charge is 0.495 e. The third kappa shape index (κ3) is 3.47. The first-order valence-corrected chi connectivity index (χ1v) is 7.97.